The molecule has 0 unspecified atom stereocenters. The zero-order valence-corrected chi connectivity index (χ0v) is 8.94. The second kappa shape index (κ2) is 3.45. The lowest BCUT2D eigenvalue weighted by Gasteiger charge is -2.40. The molecule has 80 valence electrons. The van der Waals surface area contributed by atoms with Crippen LogP contribution in [-0.2, 0) is 0 Å². The van der Waals surface area contributed by atoms with Crippen molar-refractivity contribution >= 4 is 6.08 Å². The van der Waals surface area contributed by atoms with Gasteiger partial charge < -0.3 is 4.52 Å². The van der Waals surface area contributed by atoms with E-state index in [9.17, 15) is 0 Å². The van der Waals surface area contributed by atoms with Gasteiger partial charge in [0.25, 0.3) is 5.89 Å². The highest BCUT2D eigenvalue weighted by molar-refractivity contribution is 5.46. The summed E-state index contributed by atoms with van der Waals surface area (Å²) in [6.07, 6.45) is 4.66. The number of rotatable bonds is 1. The molecule has 4 heterocycles. The van der Waals surface area contributed by atoms with Crippen molar-refractivity contribution in [3.63, 3.8) is 0 Å². The molecule has 0 N–H and O–H groups in total. The van der Waals surface area contributed by atoms with E-state index < -0.39 is 0 Å². The van der Waals surface area contributed by atoms with E-state index in [0.29, 0.717) is 11.7 Å². The molecule has 0 aliphatic carbocycles. The lowest BCUT2D eigenvalue weighted by molar-refractivity contribution is 0.163. The summed E-state index contributed by atoms with van der Waals surface area (Å²) in [5.74, 6) is 2.13. The zero-order chi connectivity index (χ0) is 10.3. The van der Waals surface area contributed by atoms with Crippen molar-refractivity contribution in [1.29, 1.82) is 0 Å². The van der Waals surface area contributed by atoms with Crippen molar-refractivity contribution < 1.29 is 4.52 Å². The van der Waals surface area contributed by atoms with Crippen molar-refractivity contribution in [2.24, 2.45) is 5.92 Å². The maximum absolute atomic E-state index is 5.12. The van der Waals surface area contributed by atoms with Crippen molar-refractivity contribution in [1.82, 2.24) is 15.0 Å². The van der Waals surface area contributed by atoms with Gasteiger partial charge >= 0.3 is 0 Å². The van der Waals surface area contributed by atoms with Gasteiger partial charge in [0.15, 0.2) is 5.82 Å². The van der Waals surface area contributed by atoms with E-state index in [-0.39, 0.29) is 0 Å². The molecule has 0 aromatic carbocycles. The van der Waals surface area contributed by atoms with E-state index in [1.165, 1.54) is 31.5 Å². The van der Waals surface area contributed by atoms with Crippen LogP contribution in [0.1, 0.15) is 24.6 Å². The number of aryl methyl sites for hydroxylation is 1. The number of fused-ring (bicyclic) bond motifs is 3. The third-order valence-corrected chi connectivity index (χ3v) is 3.37. The van der Waals surface area contributed by atoms with Crippen LogP contribution in [0.4, 0.5) is 0 Å². The Morgan fingerprint density at radius 3 is 2.73 bits per heavy atom. The summed E-state index contributed by atoms with van der Waals surface area (Å²) >= 11 is 0. The van der Waals surface area contributed by atoms with E-state index in [0.717, 1.165) is 12.5 Å². The molecule has 1 aromatic rings. The first kappa shape index (κ1) is 9.09. The summed E-state index contributed by atoms with van der Waals surface area (Å²) in [4.78, 5) is 6.71. The summed E-state index contributed by atoms with van der Waals surface area (Å²) in [6.45, 7) is 5.45. The molecule has 4 rings (SSSR count). The van der Waals surface area contributed by atoms with Crippen molar-refractivity contribution in [2.45, 2.75) is 19.8 Å². The fourth-order valence-electron chi connectivity index (χ4n) is 2.54. The van der Waals surface area contributed by atoms with Crippen LogP contribution in [-0.4, -0.2) is 34.7 Å². The summed E-state index contributed by atoms with van der Waals surface area (Å²) < 4.78 is 5.12. The molecular formula is C11H15N3O. The molecule has 3 saturated heterocycles. The first-order valence-corrected chi connectivity index (χ1v) is 5.54. The van der Waals surface area contributed by atoms with Crippen LogP contribution in [0, 0.1) is 12.8 Å². The lowest BCUT2D eigenvalue weighted by atomic mass is 9.83. The molecule has 3 aliphatic rings. The largest absolute Gasteiger partial charge is 0.335 e. The maximum atomic E-state index is 5.12. The van der Waals surface area contributed by atoms with Gasteiger partial charge in [-0.05, 0) is 44.3 Å². The summed E-state index contributed by atoms with van der Waals surface area (Å²) in [7, 11) is 0. The Kier molecular flexibility index (Phi) is 2.09. The summed E-state index contributed by atoms with van der Waals surface area (Å²) in [6, 6.07) is 0. The molecule has 2 bridgehead atoms. The highest BCUT2D eigenvalue weighted by Gasteiger charge is 2.29. The van der Waals surface area contributed by atoms with E-state index in [2.05, 4.69) is 21.1 Å². The second-order valence-electron chi connectivity index (χ2n) is 4.45. The fraction of sp³-hybridized carbons (Fsp3) is 0.636. The number of piperidine rings is 3. The van der Waals surface area contributed by atoms with Gasteiger partial charge in [0.2, 0.25) is 0 Å². The molecule has 0 spiro atoms. The number of aromatic nitrogens is 2. The molecular weight excluding hydrogens is 190 g/mol. The minimum Gasteiger partial charge on any atom is -0.335 e. The van der Waals surface area contributed by atoms with Gasteiger partial charge in [-0.15, -0.1) is 0 Å². The van der Waals surface area contributed by atoms with Gasteiger partial charge in [0, 0.05) is 12.6 Å². The first-order chi connectivity index (χ1) is 7.31. The number of hydrogen-bond donors (Lipinski definition) is 0. The normalized spacial score (nSPS) is 32.5. The molecule has 4 nitrogen and oxygen atoms in total. The van der Waals surface area contributed by atoms with E-state index in [1.54, 1.807) is 0 Å². The van der Waals surface area contributed by atoms with Gasteiger partial charge in [0.05, 0.1) is 0 Å². The quantitative estimate of drug-likeness (QED) is 0.696. The van der Waals surface area contributed by atoms with Crippen molar-refractivity contribution in [3.05, 3.63) is 17.3 Å². The minimum atomic E-state index is 0.663. The predicted molar refractivity (Wildman–Crippen MR) is 56.2 cm³/mol. The Labute approximate surface area is 89.0 Å². The molecule has 0 amide bonds. The SMILES string of the molecule is Cc1noc(/C=C2\CN3CCC2CC3)n1. The lowest BCUT2D eigenvalue weighted by Crippen LogP contribution is -2.42. The topological polar surface area (TPSA) is 42.2 Å². The predicted octanol–water partition coefficient (Wildman–Crippen LogP) is 1.49. The molecule has 3 aliphatic heterocycles. The average molecular weight is 205 g/mol. The highest BCUT2D eigenvalue weighted by Crippen LogP contribution is 2.32. The zero-order valence-electron chi connectivity index (χ0n) is 8.94. The van der Waals surface area contributed by atoms with Gasteiger partial charge in [0.1, 0.15) is 0 Å². The number of nitrogens with zero attached hydrogens (tertiary/aromatic N) is 3. The fourth-order valence-corrected chi connectivity index (χ4v) is 2.54. The van der Waals surface area contributed by atoms with Crippen molar-refractivity contribution in [3.8, 4) is 0 Å². The first-order valence-electron chi connectivity index (χ1n) is 5.54. The van der Waals surface area contributed by atoms with Gasteiger partial charge in [-0.1, -0.05) is 5.16 Å². The van der Waals surface area contributed by atoms with E-state index in [4.69, 9.17) is 4.52 Å². The molecule has 4 heteroatoms. The van der Waals surface area contributed by atoms with Crippen molar-refractivity contribution in [2.75, 3.05) is 19.6 Å². The Morgan fingerprint density at radius 2 is 2.20 bits per heavy atom. The van der Waals surface area contributed by atoms with Crippen LogP contribution >= 0.6 is 0 Å². The Balaban J connectivity index is 1.85. The summed E-state index contributed by atoms with van der Waals surface area (Å²) in [5, 5.41) is 3.80. The molecule has 15 heavy (non-hydrogen) atoms. The molecule has 0 saturated carbocycles. The standard InChI is InChI=1S/C11H15N3O/c1-8-12-11(15-13-8)6-10-7-14-4-2-9(10)3-5-14/h6,9H,2-5,7H2,1H3/b10-6+. The van der Waals surface area contributed by atoms with Crippen LogP contribution in [0.5, 0.6) is 0 Å². The summed E-state index contributed by atoms with van der Waals surface area (Å²) in [5.41, 5.74) is 1.47. The average Bonchev–Trinajstić information content (AvgIpc) is 2.66. The van der Waals surface area contributed by atoms with Gasteiger partial charge in [-0.2, -0.15) is 4.98 Å². The van der Waals surface area contributed by atoms with Gasteiger partial charge in [-0.3, -0.25) is 4.90 Å². The van der Waals surface area contributed by atoms with Crippen LogP contribution in [0.2, 0.25) is 0 Å². The molecule has 0 atom stereocenters. The van der Waals surface area contributed by atoms with E-state index >= 15 is 0 Å². The van der Waals surface area contributed by atoms with E-state index in [1.807, 2.05) is 6.92 Å². The van der Waals surface area contributed by atoms with Crippen LogP contribution in [0.3, 0.4) is 0 Å². The Hall–Kier alpha value is -1.16. The molecule has 1 aromatic heterocycles. The third kappa shape index (κ3) is 1.69. The second-order valence-corrected chi connectivity index (χ2v) is 4.45. The van der Waals surface area contributed by atoms with Crippen LogP contribution in [0.15, 0.2) is 10.1 Å². The maximum Gasteiger partial charge on any atom is 0.250 e. The van der Waals surface area contributed by atoms with Crippen LogP contribution in [0.25, 0.3) is 6.08 Å². The number of hydrogen-bond acceptors (Lipinski definition) is 4. The molecule has 0 radical (unpaired) electrons. The Morgan fingerprint density at radius 1 is 1.40 bits per heavy atom. The monoisotopic (exact) mass is 205 g/mol. The smallest absolute Gasteiger partial charge is 0.250 e. The third-order valence-electron chi connectivity index (χ3n) is 3.37. The Bertz CT molecular complexity index is 388. The molecule has 3 fully saturated rings. The highest BCUT2D eigenvalue weighted by atomic mass is 16.5. The van der Waals surface area contributed by atoms with Crippen LogP contribution < -0.4 is 0 Å². The minimum absolute atomic E-state index is 0.663. The van der Waals surface area contributed by atoms with Gasteiger partial charge in [-0.25, -0.2) is 0 Å².